The number of nitrogens with one attached hydrogen (secondary N) is 1. The minimum atomic E-state index is 0. The fourth-order valence-corrected chi connectivity index (χ4v) is 1.71. The molecule has 2 rings (SSSR count). The zero-order valence-electron chi connectivity index (χ0n) is 10.3. The maximum absolute atomic E-state index is 4.31. The fraction of sp³-hybridized carbons (Fsp3) is 0.455. The number of aromatic nitrogens is 4. The van der Waals surface area contributed by atoms with Crippen LogP contribution in [-0.2, 0) is 20.1 Å². The van der Waals surface area contributed by atoms with E-state index in [0.717, 1.165) is 18.8 Å². The van der Waals surface area contributed by atoms with E-state index in [2.05, 4.69) is 29.4 Å². The first-order chi connectivity index (χ1) is 7.70. The van der Waals surface area contributed by atoms with Gasteiger partial charge in [-0.1, -0.05) is 0 Å². The molecular weight excluding hydrogens is 238 g/mol. The van der Waals surface area contributed by atoms with Gasteiger partial charge in [-0.3, -0.25) is 9.36 Å². The number of nitrogens with zero attached hydrogens (tertiary/aromatic N) is 4. The normalized spacial score (nSPS) is 10.1. The molecule has 0 atom stereocenters. The summed E-state index contributed by atoms with van der Waals surface area (Å²) in [7, 11) is 1.91. The highest BCUT2D eigenvalue weighted by atomic mass is 35.5. The van der Waals surface area contributed by atoms with Crippen molar-refractivity contribution in [3.8, 4) is 0 Å². The average Bonchev–Trinajstić information content (AvgIpc) is 2.82. The Hall–Kier alpha value is -1.49. The molecule has 0 spiro atoms. The molecule has 17 heavy (non-hydrogen) atoms. The van der Waals surface area contributed by atoms with Crippen LogP contribution in [0.5, 0.6) is 0 Å². The molecule has 94 valence electrons. The summed E-state index contributed by atoms with van der Waals surface area (Å²) in [6.07, 6.45) is 5.69. The molecule has 0 saturated heterocycles. The van der Waals surface area contributed by atoms with Gasteiger partial charge in [-0.25, -0.2) is 0 Å². The van der Waals surface area contributed by atoms with E-state index < -0.39 is 0 Å². The van der Waals surface area contributed by atoms with Gasteiger partial charge in [0.05, 0.1) is 30.3 Å². The number of rotatable bonds is 4. The van der Waals surface area contributed by atoms with E-state index in [4.69, 9.17) is 0 Å². The predicted octanol–water partition coefficient (Wildman–Crippen LogP) is 1.98. The Kier molecular flexibility index (Phi) is 4.57. The van der Waals surface area contributed by atoms with Gasteiger partial charge in [0.1, 0.15) is 0 Å². The van der Waals surface area contributed by atoms with Crippen LogP contribution in [0.1, 0.15) is 18.2 Å². The summed E-state index contributed by atoms with van der Waals surface area (Å²) < 4.78 is 3.80. The zero-order valence-corrected chi connectivity index (χ0v) is 11.2. The van der Waals surface area contributed by atoms with Crippen LogP contribution < -0.4 is 5.32 Å². The average molecular weight is 256 g/mol. The number of anilines is 1. The largest absolute Gasteiger partial charge is 0.377 e. The molecule has 2 aromatic heterocycles. The van der Waals surface area contributed by atoms with Crippen molar-refractivity contribution in [1.29, 1.82) is 0 Å². The van der Waals surface area contributed by atoms with Crippen LogP contribution in [0.15, 0.2) is 18.6 Å². The Labute approximate surface area is 107 Å². The lowest BCUT2D eigenvalue weighted by Gasteiger charge is -2.07. The molecule has 0 unspecified atom stereocenters. The Morgan fingerprint density at radius 1 is 1.29 bits per heavy atom. The van der Waals surface area contributed by atoms with Crippen molar-refractivity contribution < 1.29 is 0 Å². The molecule has 0 fully saturated rings. The second kappa shape index (κ2) is 5.72. The Bertz CT molecular complexity index is 474. The van der Waals surface area contributed by atoms with Gasteiger partial charge in [-0.05, 0) is 19.4 Å². The van der Waals surface area contributed by atoms with Gasteiger partial charge in [0, 0.05) is 19.8 Å². The monoisotopic (exact) mass is 255 g/mol. The van der Waals surface area contributed by atoms with Crippen molar-refractivity contribution in [2.75, 3.05) is 5.32 Å². The molecular formula is C11H18ClN5. The van der Waals surface area contributed by atoms with Crippen molar-refractivity contribution >= 4 is 18.1 Å². The van der Waals surface area contributed by atoms with Crippen molar-refractivity contribution in [2.45, 2.75) is 26.9 Å². The third-order valence-electron chi connectivity index (χ3n) is 2.62. The molecule has 0 amide bonds. The van der Waals surface area contributed by atoms with Crippen LogP contribution in [-0.4, -0.2) is 19.6 Å². The molecule has 0 aliphatic heterocycles. The topological polar surface area (TPSA) is 47.7 Å². The lowest BCUT2D eigenvalue weighted by atomic mass is 10.2. The highest BCUT2D eigenvalue weighted by Crippen LogP contribution is 2.11. The van der Waals surface area contributed by atoms with Crippen molar-refractivity contribution in [3.63, 3.8) is 0 Å². The first-order valence-corrected chi connectivity index (χ1v) is 5.44. The summed E-state index contributed by atoms with van der Waals surface area (Å²) in [6.45, 7) is 5.86. The SMILES string of the molecule is CCn1ncc(C)c1CNc1cnn(C)c1.Cl. The van der Waals surface area contributed by atoms with Crippen LogP contribution >= 0.6 is 12.4 Å². The van der Waals surface area contributed by atoms with E-state index in [9.17, 15) is 0 Å². The van der Waals surface area contributed by atoms with Gasteiger partial charge in [-0.15, -0.1) is 12.4 Å². The fourth-order valence-electron chi connectivity index (χ4n) is 1.71. The summed E-state index contributed by atoms with van der Waals surface area (Å²) in [4.78, 5) is 0. The molecule has 0 aromatic carbocycles. The third kappa shape index (κ3) is 3.00. The number of hydrogen-bond donors (Lipinski definition) is 1. The van der Waals surface area contributed by atoms with E-state index >= 15 is 0 Å². The first-order valence-electron chi connectivity index (χ1n) is 5.44. The van der Waals surface area contributed by atoms with E-state index in [1.807, 2.05) is 30.3 Å². The first kappa shape index (κ1) is 13.6. The maximum Gasteiger partial charge on any atom is 0.0729 e. The van der Waals surface area contributed by atoms with E-state index in [0.29, 0.717) is 0 Å². The minimum absolute atomic E-state index is 0. The van der Waals surface area contributed by atoms with Crippen LogP contribution in [0.4, 0.5) is 5.69 Å². The summed E-state index contributed by atoms with van der Waals surface area (Å²) in [6, 6.07) is 0. The van der Waals surface area contributed by atoms with Crippen LogP contribution in [0.2, 0.25) is 0 Å². The standard InChI is InChI=1S/C11H17N5.ClH/c1-4-16-11(9(2)5-14-16)7-12-10-6-13-15(3)8-10;/h5-6,8,12H,4,7H2,1-3H3;1H. The second-order valence-electron chi connectivity index (χ2n) is 3.85. The van der Waals surface area contributed by atoms with Crippen LogP contribution in [0, 0.1) is 6.92 Å². The quantitative estimate of drug-likeness (QED) is 0.909. The summed E-state index contributed by atoms with van der Waals surface area (Å²) >= 11 is 0. The number of hydrogen-bond acceptors (Lipinski definition) is 3. The molecule has 2 heterocycles. The van der Waals surface area contributed by atoms with Crippen LogP contribution in [0.25, 0.3) is 0 Å². The molecule has 2 aromatic rings. The van der Waals surface area contributed by atoms with E-state index in [-0.39, 0.29) is 12.4 Å². The molecule has 0 radical (unpaired) electrons. The van der Waals surface area contributed by atoms with Gasteiger partial charge >= 0.3 is 0 Å². The highest BCUT2D eigenvalue weighted by Gasteiger charge is 2.05. The highest BCUT2D eigenvalue weighted by molar-refractivity contribution is 5.85. The lowest BCUT2D eigenvalue weighted by molar-refractivity contribution is 0.626. The van der Waals surface area contributed by atoms with Gasteiger partial charge in [0.15, 0.2) is 0 Å². The number of halogens is 1. The molecule has 0 aliphatic rings. The van der Waals surface area contributed by atoms with Crippen molar-refractivity contribution in [3.05, 3.63) is 29.8 Å². The van der Waals surface area contributed by atoms with Crippen LogP contribution in [0.3, 0.4) is 0 Å². The van der Waals surface area contributed by atoms with Gasteiger partial charge in [0.2, 0.25) is 0 Å². The number of aryl methyl sites for hydroxylation is 3. The Morgan fingerprint density at radius 2 is 2.06 bits per heavy atom. The predicted molar refractivity (Wildman–Crippen MR) is 70.4 cm³/mol. The summed E-state index contributed by atoms with van der Waals surface area (Å²) in [5.74, 6) is 0. The van der Waals surface area contributed by atoms with Crippen molar-refractivity contribution in [1.82, 2.24) is 19.6 Å². The molecule has 5 nitrogen and oxygen atoms in total. The molecule has 1 N–H and O–H groups in total. The third-order valence-corrected chi connectivity index (χ3v) is 2.62. The Balaban J connectivity index is 0.00000144. The summed E-state index contributed by atoms with van der Waals surface area (Å²) in [5.41, 5.74) is 3.48. The minimum Gasteiger partial charge on any atom is -0.377 e. The lowest BCUT2D eigenvalue weighted by Crippen LogP contribution is -2.08. The molecule has 0 aliphatic carbocycles. The van der Waals surface area contributed by atoms with Crippen molar-refractivity contribution in [2.24, 2.45) is 7.05 Å². The molecule has 6 heteroatoms. The molecule has 0 bridgehead atoms. The van der Waals surface area contributed by atoms with E-state index in [1.54, 1.807) is 4.68 Å². The Morgan fingerprint density at radius 3 is 2.65 bits per heavy atom. The van der Waals surface area contributed by atoms with E-state index in [1.165, 1.54) is 11.3 Å². The van der Waals surface area contributed by atoms with Gasteiger partial charge in [0.25, 0.3) is 0 Å². The zero-order chi connectivity index (χ0) is 11.5. The molecule has 0 saturated carbocycles. The summed E-state index contributed by atoms with van der Waals surface area (Å²) in [5, 5.41) is 11.8. The van der Waals surface area contributed by atoms with Gasteiger partial charge in [-0.2, -0.15) is 10.2 Å². The maximum atomic E-state index is 4.31. The second-order valence-corrected chi connectivity index (χ2v) is 3.85. The van der Waals surface area contributed by atoms with Gasteiger partial charge < -0.3 is 5.32 Å². The smallest absolute Gasteiger partial charge is 0.0729 e.